The van der Waals surface area contributed by atoms with Crippen molar-refractivity contribution in [3.63, 3.8) is 0 Å². The Morgan fingerprint density at radius 2 is 1.61 bits per heavy atom. The zero-order chi connectivity index (χ0) is 22.2. The molecule has 0 fully saturated rings. The van der Waals surface area contributed by atoms with Crippen LogP contribution in [0.1, 0.15) is 25.0 Å². The van der Waals surface area contributed by atoms with E-state index in [1.54, 1.807) is 42.5 Å². The van der Waals surface area contributed by atoms with Gasteiger partial charge < -0.3 is 9.47 Å². The predicted octanol–water partition coefficient (Wildman–Crippen LogP) is 6.79. The number of hydrogen-bond acceptors (Lipinski definition) is 3. The van der Waals surface area contributed by atoms with Crippen LogP contribution in [-0.2, 0) is 16.1 Å². The van der Waals surface area contributed by atoms with Gasteiger partial charge in [0, 0.05) is 6.07 Å². The molecule has 0 aliphatic carbocycles. The molecule has 0 heterocycles. The Morgan fingerprint density at radius 3 is 2.29 bits per heavy atom. The van der Waals surface area contributed by atoms with Gasteiger partial charge in [-0.25, -0.2) is 8.78 Å². The second kappa shape index (κ2) is 10.5. The third-order valence-electron chi connectivity index (χ3n) is 4.65. The number of ether oxygens (including phenoxy) is 2. The van der Waals surface area contributed by atoms with Crippen molar-refractivity contribution in [1.82, 2.24) is 0 Å². The van der Waals surface area contributed by atoms with E-state index in [0.29, 0.717) is 17.1 Å². The van der Waals surface area contributed by atoms with Crippen molar-refractivity contribution >= 4 is 12.0 Å². The van der Waals surface area contributed by atoms with E-state index in [-0.39, 0.29) is 18.3 Å². The number of halogens is 2. The van der Waals surface area contributed by atoms with Crippen molar-refractivity contribution in [2.24, 2.45) is 11.8 Å². The van der Waals surface area contributed by atoms with E-state index in [9.17, 15) is 13.6 Å². The molecule has 5 heteroatoms. The summed E-state index contributed by atoms with van der Waals surface area (Å²) in [5.41, 5.74) is 1.27. The number of para-hydroxylation sites is 1. The van der Waals surface area contributed by atoms with Crippen molar-refractivity contribution < 1.29 is 23.0 Å². The molecule has 160 valence electrons. The summed E-state index contributed by atoms with van der Waals surface area (Å²) in [6.45, 7) is 3.75. The van der Waals surface area contributed by atoms with Gasteiger partial charge in [0.15, 0.2) is 0 Å². The second-order valence-corrected chi connectivity index (χ2v) is 7.50. The molecule has 3 nitrogen and oxygen atoms in total. The van der Waals surface area contributed by atoms with Gasteiger partial charge in [0.1, 0.15) is 29.7 Å². The van der Waals surface area contributed by atoms with Gasteiger partial charge in [-0.3, -0.25) is 4.79 Å². The van der Waals surface area contributed by atoms with E-state index in [0.717, 1.165) is 5.56 Å². The van der Waals surface area contributed by atoms with Crippen LogP contribution in [-0.4, -0.2) is 5.97 Å². The van der Waals surface area contributed by atoms with Gasteiger partial charge in [-0.1, -0.05) is 56.3 Å². The standard InChI is InChI=1S/C26H24F2O3/c1-18(2)25(13-10-19-8-11-21(27)12-9-19)26(29)30-17-20-14-22(28)16-24(15-20)31-23-6-4-3-5-7-23/h3-16,18,25H,17H2,1-2H3/b13-10+. The fourth-order valence-electron chi connectivity index (χ4n) is 3.00. The first-order valence-corrected chi connectivity index (χ1v) is 10.0. The Kier molecular flexibility index (Phi) is 7.55. The van der Waals surface area contributed by atoms with Crippen LogP contribution in [0.25, 0.3) is 6.08 Å². The summed E-state index contributed by atoms with van der Waals surface area (Å²) in [6, 6.07) is 19.3. The van der Waals surface area contributed by atoms with Crippen LogP contribution in [0.2, 0.25) is 0 Å². The fourth-order valence-corrected chi connectivity index (χ4v) is 3.00. The Hall–Kier alpha value is -3.47. The molecule has 0 N–H and O–H groups in total. The molecular weight excluding hydrogens is 398 g/mol. The minimum absolute atomic E-state index is 0.00585. The summed E-state index contributed by atoms with van der Waals surface area (Å²) in [6.07, 6.45) is 3.51. The normalized spacial score (nSPS) is 12.2. The molecule has 0 saturated carbocycles. The van der Waals surface area contributed by atoms with Crippen LogP contribution >= 0.6 is 0 Å². The number of hydrogen-bond donors (Lipinski definition) is 0. The largest absolute Gasteiger partial charge is 0.460 e. The summed E-state index contributed by atoms with van der Waals surface area (Å²) in [5.74, 6) is -0.787. The molecule has 0 saturated heterocycles. The second-order valence-electron chi connectivity index (χ2n) is 7.50. The lowest BCUT2D eigenvalue weighted by Crippen LogP contribution is -2.20. The van der Waals surface area contributed by atoms with Gasteiger partial charge in [0.25, 0.3) is 0 Å². The molecule has 31 heavy (non-hydrogen) atoms. The van der Waals surface area contributed by atoms with Crippen molar-refractivity contribution in [3.05, 3.63) is 102 Å². The molecule has 1 unspecified atom stereocenters. The van der Waals surface area contributed by atoms with Crippen LogP contribution in [0.4, 0.5) is 8.78 Å². The van der Waals surface area contributed by atoms with E-state index >= 15 is 0 Å². The predicted molar refractivity (Wildman–Crippen MR) is 116 cm³/mol. The molecule has 0 amide bonds. The molecule has 0 bridgehead atoms. The third kappa shape index (κ3) is 6.78. The van der Waals surface area contributed by atoms with Gasteiger partial charge in [-0.15, -0.1) is 0 Å². The van der Waals surface area contributed by atoms with E-state index in [1.807, 2.05) is 32.0 Å². The molecule has 0 spiro atoms. The topological polar surface area (TPSA) is 35.5 Å². The zero-order valence-electron chi connectivity index (χ0n) is 17.4. The monoisotopic (exact) mass is 422 g/mol. The highest BCUT2D eigenvalue weighted by Gasteiger charge is 2.21. The molecule has 0 aliphatic rings. The molecule has 0 aliphatic heterocycles. The number of benzene rings is 3. The maximum absolute atomic E-state index is 14.0. The number of carbonyl (C=O) groups is 1. The number of esters is 1. The molecule has 0 radical (unpaired) electrons. The lowest BCUT2D eigenvalue weighted by atomic mass is 9.95. The molecule has 3 aromatic carbocycles. The average Bonchev–Trinajstić information content (AvgIpc) is 2.74. The van der Waals surface area contributed by atoms with E-state index in [2.05, 4.69) is 0 Å². The maximum atomic E-state index is 14.0. The van der Waals surface area contributed by atoms with Gasteiger partial charge in [-0.05, 0) is 53.4 Å². The van der Waals surface area contributed by atoms with E-state index in [1.165, 1.54) is 24.3 Å². The molecule has 1 atom stereocenters. The molecule has 3 rings (SSSR count). The Morgan fingerprint density at radius 1 is 0.903 bits per heavy atom. The quantitative estimate of drug-likeness (QED) is 0.375. The van der Waals surface area contributed by atoms with Crippen molar-refractivity contribution in [1.29, 1.82) is 0 Å². The van der Waals surface area contributed by atoms with Gasteiger partial charge in [-0.2, -0.15) is 0 Å². The van der Waals surface area contributed by atoms with Gasteiger partial charge in [0.2, 0.25) is 0 Å². The minimum Gasteiger partial charge on any atom is -0.460 e. The SMILES string of the molecule is CC(C)C(/C=C/c1ccc(F)cc1)C(=O)OCc1cc(F)cc(Oc2ccccc2)c1. The molecule has 3 aromatic rings. The number of rotatable bonds is 8. The maximum Gasteiger partial charge on any atom is 0.313 e. The molecule has 0 aromatic heterocycles. The summed E-state index contributed by atoms with van der Waals surface area (Å²) in [4.78, 5) is 12.6. The van der Waals surface area contributed by atoms with Gasteiger partial charge in [0.05, 0.1) is 5.92 Å². The highest BCUT2D eigenvalue weighted by atomic mass is 19.1. The minimum atomic E-state index is -0.487. The van der Waals surface area contributed by atoms with Crippen LogP contribution in [0, 0.1) is 23.5 Å². The Bertz CT molecular complexity index is 1030. The zero-order valence-corrected chi connectivity index (χ0v) is 17.4. The first-order chi connectivity index (χ1) is 14.9. The van der Waals surface area contributed by atoms with Crippen molar-refractivity contribution in [2.45, 2.75) is 20.5 Å². The lowest BCUT2D eigenvalue weighted by molar-refractivity contribution is -0.149. The van der Waals surface area contributed by atoms with Gasteiger partial charge >= 0.3 is 5.97 Å². The highest BCUT2D eigenvalue weighted by molar-refractivity contribution is 5.76. The van der Waals surface area contributed by atoms with E-state index in [4.69, 9.17) is 9.47 Å². The smallest absolute Gasteiger partial charge is 0.313 e. The van der Waals surface area contributed by atoms with Crippen LogP contribution in [0.5, 0.6) is 11.5 Å². The van der Waals surface area contributed by atoms with E-state index < -0.39 is 17.7 Å². The summed E-state index contributed by atoms with van der Waals surface area (Å²) in [5, 5.41) is 0. The Balaban J connectivity index is 1.65. The third-order valence-corrected chi connectivity index (χ3v) is 4.65. The summed E-state index contributed by atoms with van der Waals surface area (Å²) in [7, 11) is 0. The average molecular weight is 422 g/mol. The van der Waals surface area contributed by atoms with Crippen molar-refractivity contribution in [3.8, 4) is 11.5 Å². The lowest BCUT2D eigenvalue weighted by Gasteiger charge is -2.16. The summed E-state index contributed by atoms with van der Waals surface area (Å²) < 4.78 is 38.2. The highest BCUT2D eigenvalue weighted by Crippen LogP contribution is 2.24. The first-order valence-electron chi connectivity index (χ1n) is 10.0. The van der Waals surface area contributed by atoms with Crippen molar-refractivity contribution in [2.75, 3.05) is 0 Å². The van der Waals surface area contributed by atoms with Crippen LogP contribution in [0.15, 0.2) is 78.9 Å². The first kappa shape index (κ1) is 22.2. The number of carbonyl (C=O) groups excluding carboxylic acids is 1. The summed E-state index contributed by atoms with van der Waals surface area (Å²) >= 11 is 0. The Labute approximate surface area is 180 Å². The van der Waals surface area contributed by atoms with Crippen LogP contribution in [0.3, 0.4) is 0 Å². The molecular formula is C26H24F2O3. The van der Waals surface area contributed by atoms with Crippen LogP contribution < -0.4 is 4.74 Å². The fraction of sp³-hybridized carbons (Fsp3) is 0.192.